The van der Waals surface area contributed by atoms with Gasteiger partial charge < -0.3 is 20.4 Å². The summed E-state index contributed by atoms with van der Waals surface area (Å²) in [5.41, 5.74) is -0.800. The molecule has 0 amide bonds. The minimum Gasteiger partial charge on any atom is -0.396 e. The lowest BCUT2D eigenvalue weighted by atomic mass is 9.96. The Hall–Kier alpha value is 1.86. The Balaban J connectivity index is 1.41. The molecule has 0 spiro atoms. The first-order chi connectivity index (χ1) is 13.6. The average Bonchev–Trinajstić information content (AvgIpc) is 3.24. The highest BCUT2D eigenvalue weighted by molar-refractivity contribution is 8.45. The lowest BCUT2D eigenvalue weighted by molar-refractivity contribution is 0.0934. The van der Waals surface area contributed by atoms with Gasteiger partial charge >= 0.3 is 0 Å². The Kier molecular flexibility index (Phi) is 8.04. The Bertz CT molecular complexity index is 618. The lowest BCUT2D eigenvalue weighted by Crippen LogP contribution is -2.34. The zero-order valence-electron chi connectivity index (χ0n) is 14.7. The van der Waals surface area contributed by atoms with Gasteiger partial charge in [-0.2, -0.15) is 0 Å². The van der Waals surface area contributed by atoms with Gasteiger partial charge in [0.1, 0.15) is 0 Å². The molecule has 0 atom stereocenters. The van der Waals surface area contributed by atoms with Crippen molar-refractivity contribution in [2.45, 2.75) is 0 Å². The minimum atomic E-state index is -0.400. The van der Waals surface area contributed by atoms with E-state index in [-0.39, 0.29) is 26.4 Å². The van der Waals surface area contributed by atoms with Gasteiger partial charge in [-0.05, 0) is 0 Å². The van der Waals surface area contributed by atoms with Gasteiger partial charge in [0.25, 0.3) is 0 Å². The van der Waals surface area contributed by atoms with E-state index >= 15 is 0 Å². The van der Waals surface area contributed by atoms with Gasteiger partial charge in [0, 0.05) is 33.8 Å². The van der Waals surface area contributed by atoms with Crippen molar-refractivity contribution < 1.29 is 20.4 Å². The smallest absolute Gasteiger partial charge is 0.0717 e. The van der Waals surface area contributed by atoms with Crippen LogP contribution < -0.4 is 0 Å². The molecule has 4 rings (SSSR count). The summed E-state index contributed by atoms with van der Waals surface area (Å²) in [6.07, 6.45) is 0. The van der Waals surface area contributed by atoms with Gasteiger partial charge in [-0.1, -0.05) is 47.0 Å². The Morgan fingerprint density at radius 1 is 0.464 bits per heavy atom. The second-order valence-corrected chi connectivity index (χ2v) is 16.5. The first kappa shape index (κ1) is 23.0. The summed E-state index contributed by atoms with van der Waals surface area (Å²) in [4.78, 5) is 0. The number of rotatable bonds is 4. The van der Waals surface area contributed by atoms with E-state index in [0.717, 1.165) is 23.0 Å². The van der Waals surface area contributed by atoms with Crippen molar-refractivity contribution >= 4 is 94.1 Å². The van der Waals surface area contributed by atoms with Crippen LogP contribution in [0.2, 0.25) is 0 Å². The quantitative estimate of drug-likeness (QED) is 0.418. The highest BCUT2D eigenvalue weighted by Gasteiger charge is 2.40. The van der Waals surface area contributed by atoms with E-state index in [1.807, 2.05) is 47.0 Å². The lowest BCUT2D eigenvalue weighted by Gasteiger charge is -2.27. The van der Waals surface area contributed by atoms with E-state index in [9.17, 15) is 20.4 Å². The summed E-state index contributed by atoms with van der Waals surface area (Å²) in [6, 6.07) is 0. The highest BCUT2D eigenvalue weighted by Crippen LogP contribution is 2.68. The highest BCUT2D eigenvalue weighted by atomic mass is 32.3. The first-order valence-corrected chi connectivity index (χ1v) is 15.7. The summed E-state index contributed by atoms with van der Waals surface area (Å²) in [7, 11) is 0. The molecule has 0 radical (unpaired) electrons. The van der Waals surface area contributed by atoms with Gasteiger partial charge in [-0.3, -0.25) is 0 Å². The van der Waals surface area contributed by atoms with Crippen LogP contribution in [0.25, 0.3) is 0 Å². The largest absolute Gasteiger partial charge is 0.396 e. The number of aliphatic hydroxyl groups excluding tert-OH is 4. The maximum Gasteiger partial charge on any atom is 0.0717 e. The van der Waals surface area contributed by atoms with Gasteiger partial charge in [-0.15, -0.1) is 47.0 Å². The maximum atomic E-state index is 9.69. The minimum absolute atomic E-state index is 0.0211. The van der Waals surface area contributed by atoms with Crippen molar-refractivity contribution in [1.29, 1.82) is 0 Å². The Labute approximate surface area is 198 Å². The zero-order chi connectivity index (χ0) is 19.8. The number of hydrogen-bond donors (Lipinski definition) is 4. The van der Waals surface area contributed by atoms with Gasteiger partial charge in [-0.25, -0.2) is 0 Å². The van der Waals surface area contributed by atoms with E-state index in [0.29, 0.717) is 0 Å². The van der Waals surface area contributed by atoms with Crippen molar-refractivity contribution in [2.24, 2.45) is 10.8 Å². The number of hydrogen-bond acceptors (Lipinski definition) is 12. The third-order valence-electron chi connectivity index (χ3n) is 4.62. The van der Waals surface area contributed by atoms with Crippen LogP contribution in [-0.2, 0) is 0 Å². The predicted molar refractivity (Wildman–Crippen MR) is 134 cm³/mol. The molecule has 0 saturated heterocycles. The van der Waals surface area contributed by atoms with E-state index in [4.69, 9.17) is 0 Å². The zero-order valence-corrected chi connectivity index (χ0v) is 21.2. The van der Waals surface area contributed by atoms with Crippen LogP contribution in [0.1, 0.15) is 0 Å². The summed E-state index contributed by atoms with van der Waals surface area (Å²) >= 11 is 14.3. The molecule has 4 aliphatic rings. The third-order valence-corrected chi connectivity index (χ3v) is 17.6. The van der Waals surface area contributed by atoms with E-state index in [1.54, 1.807) is 47.0 Å². The average molecular weight is 533 g/mol. The summed E-state index contributed by atoms with van der Waals surface area (Å²) in [5.74, 6) is 2.97. The SMILES string of the molecule is OCC1(CO)CSC2=C(SC1)SC(=C1SC3=C(SCC(CO)(CO)CS3)S1)S2. The summed E-state index contributed by atoms with van der Waals surface area (Å²) in [6.45, 7) is 0.0845. The fourth-order valence-electron chi connectivity index (χ4n) is 2.49. The predicted octanol–water partition coefficient (Wildman–Crippen LogP) is 4.23. The van der Waals surface area contributed by atoms with E-state index in [2.05, 4.69) is 0 Å². The molecule has 0 aliphatic carbocycles. The molecular weight excluding hydrogens is 513 g/mol. The molecule has 12 heteroatoms. The molecule has 4 aliphatic heterocycles. The molecule has 156 valence electrons. The van der Waals surface area contributed by atoms with Crippen molar-refractivity contribution in [3.63, 3.8) is 0 Å². The van der Waals surface area contributed by atoms with Crippen LogP contribution in [0.4, 0.5) is 0 Å². The van der Waals surface area contributed by atoms with E-state index in [1.165, 1.54) is 25.4 Å². The third kappa shape index (κ3) is 4.63. The Morgan fingerprint density at radius 3 is 0.929 bits per heavy atom. The molecular formula is C16H20O4S8. The molecule has 0 saturated carbocycles. The molecule has 0 aromatic heterocycles. The van der Waals surface area contributed by atoms with Gasteiger partial charge in [0.05, 0.1) is 51.9 Å². The topological polar surface area (TPSA) is 80.9 Å². The van der Waals surface area contributed by atoms with Gasteiger partial charge in [0.15, 0.2) is 0 Å². The van der Waals surface area contributed by atoms with E-state index < -0.39 is 10.8 Å². The number of aliphatic hydroxyl groups is 4. The number of thioether (sulfide) groups is 8. The molecule has 0 aromatic rings. The van der Waals surface area contributed by atoms with Crippen molar-refractivity contribution in [2.75, 3.05) is 49.4 Å². The first-order valence-electron chi connectivity index (χ1n) is 8.45. The fraction of sp³-hybridized carbons (Fsp3) is 0.625. The second-order valence-electron chi connectivity index (χ2n) is 6.92. The van der Waals surface area contributed by atoms with Crippen LogP contribution in [-0.4, -0.2) is 69.9 Å². The van der Waals surface area contributed by atoms with Crippen molar-refractivity contribution in [3.8, 4) is 0 Å². The normalized spacial score (nSPS) is 27.0. The van der Waals surface area contributed by atoms with Crippen LogP contribution in [0, 0.1) is 10.8 Å². The second kappa shape index (κ2) is 9.78. The van der Waals surface area contributed by atoms with Crippen LogP contribution in [0.5, 0.6) is 0 Å². The summed E-state index contributed by atoms with van der Waals surface area (Å²) < 4.78 is 7.83. The molecule has 4 nitrogen and oxygen atoms in total. The monoisotopic (exact) mass is 532 g/mol. The van der Waals surface area contributed by atoms with Crippen molar-refractivity contribution in [1.82, 2.24) is 0 Å². The molecule has 0 fully saturated rings. The van der Waals surface area contributed by atoms with Crippen molar-refractivity contribution in [3.05, 3.63) is 25.4 Å². The molecule has 4 N–H and O–H groups in total. The molecule has 0 unspecified atom stereocenters. The molecule has 0 aromatic carbocycles. The fourth-order valence-corrected chi connectivity index (χ4v) is 15.5. The maximum absolute atomic E-state index is 9.69. The Morgan fingerprint density at radius 2 is 0.714 bits per heavy atom. The van der Waals surface area contributed by atoms with Gasteiger partial charge in [0.2, 0.25) is 0 Å². The van der Waals surface area contributed by atoms with Crippen LogP contribution in [0.3, 0.4) is 0 Å². The van der Waals surface area contributed by atoms with Crippen LogP contribution >= 0.6 is 94.1 Å². The van der Waals surface area contributed by atoms with Crippen LogP contribution in [0.15, 0.2) is 25.4 Å². The summed E-state index contributed by atoms with van der Waals surface area (Å²) in [5, 5.41) is 38.8. The molecule has 28 heavy (non-hydrogen) atoms. The molecule has 0 bridgehead atoms. The molecule has 4 heterocycles. The standard InChI is InChI=1S/C16H20O4S8/c17-1-15(2-18)5-21-9-10(22-6-15)26-13(25-9)14-27-11-12(28-14)24-8-16(3-19,4-20)7-23-11/h17-20H,1-8H2.